The summed E-state index contributed by atoms with van der Waals surface area (Å²) in [5, 5.41) is 4.70. The van der Waals surface area contributed by atoms with Gasteiger partial charge in [0.25, 0.3) is 10.0 Å². The van der Waals surface area contributed by atoms with Gasteiger partial charge in [-0.05, 0) is 58.7 Å². The monoisotopic (exact) mass is 523 g/mol. The third kappa shape index (κ3) is 3.82. The number of aryl methyl sites for hydroxylation is 1. The maximum absolute atomic E-state index is 13.8. The number of nitrogens with one attached hydrogen (secondary N) is 1. The van der Waals surface area contributed by atoms with Crippen molar-refractivity contribution in [3.8, 4) is 5.75 Å². The molecule has 0 radical (unpaired) electrons. The standard InChI is InChI=1S/C20H15BrClN3O5S/c1-11-7-20(26)23-16-4-3-12(8-13(11)16)31(27,28)25(19-5-6-30-24-19)17-10-15(22)14(21)9-18(17)29-2/h3-10H,1-2H3,(H,23,26). The van der Waals surface area contributed by atoms with Crippen LogP contribution in [0.25, 0.3) is 10.9 Å². The topological polar surface area (TPSA) is 106 Å². The molecule has 4 rings (SSSR count). The molecule has 0 amide bonds. The normalized spacial score (nSPS) is 11.6. The van der Waals surface area contributed by atoms with Crippen LogP contribution >= 0.6 is 27.5 Å². The van der Waals surface area contributed by atoms with Crippen molar-refractivity contribution in [2.75, 3.05) is 11.4 Å². The zero-order chi connectivity index (χ0) is 22.3. The van der Waals surface area contributed by atoms with Crippen molar-refractivity contribution in [3.63, 3.8) is 0 Å². The molecule has 0 unspecified atom stereocenters. The zero-order valence-electron chi connectivity index (χ0n) is 16.2. The summed E-state index contributed by atoms with van der Waals surface area (Å²) in [6.07, 6.45) is 1.26. The van der Waals surface area contributed by atoms with Crippen LogP contribution in [0.1, 0.15) is 5.56 Å². The van der Waals surface area contributed by atoms with Gasteiger partial charge in [-0.15, -0.1) is 0 Å². The minimum atomic E-state index is -4.19. The summed E-state index contributed by atoms with van der Waals surface area (Å²) in [5.74, 6) is 0.277. The van der Waals surface area contributed by atoms with Crippen LogP contribution in [0.15, 0.2) is 67.4 Å². The molecule has 160 valence electrons. The van der Waals surface area contributed by atoms with Crippen LogP contribution in [0.3, 0.4) is 0 Å². The first-order chi connectivity index (χ1) is 14.7. The lowest BCUT2D eigenvalue weighted by atomic mass is 10.1. The Bertz CT molecular complexity index is 1450. The highest BCUT2D eigenvalue weighted by atomic mass is 79.9. The van der Waals surface area contributed by atoms with Gasteiger partial charge in [-0.2, -0.15) is 0 Å². The second-order valence-electron chi connectivity index (χ2n) is 6.59. The molecule has 11 heteroatoms. The highest BCUT2D eigenvalue weighted by Crippen LogP contribution is 2.42. The summed E-state index contributed by atoms with van der Waals surface area (Å²) in [7, 11) is -2.77. The summed E-state index contributed by atoms with van der Waals surface area (Å²) in [4.78, 5) is 14.4. The smallest absolute Gasteiger partial charge is 0.270 e. The number of hydrogen-bond acceptors (Lipinski definition) is 6. The molecule has 0 spiro atoms. The first-order valence-electron chi connectivity index (χ1n) is 8.85. The van der Waals surface area contributed by atoms with E-state index in [0.717, 1.165) is 4.31 Å². The molecule has 2 aromatic heterocycles. The number of H-pyrrole nitrogens is 1. The molecule has 4 aromatic rings. The summed E-state index contributed by atoms with van der Waals surface area (Å²) in [5.41, 5.74) is 1.07. The van der Waals surface area contributed by atoms with Crippen molar-refractivity contribution in [2.45, 2.75) is 11.8 Å². The molecule has 0 aliphatic rings. The van der Waals surface area contributed by atoms with E-state index >= 15 is 0 Å². The lowest BCUT2D eigenvalue weighted by Crippen LogP contribution is -2.27. The number of hydrogen-bond donors (Lipinski definition) is 1. The molecule has 1 N–H and O–H groups in total. The predicted molar refractivity (Wildman–Crippen MR) is 121 cm³/mol. The number of sulfonamides is 1. The number of ether oxygens (including phenoxy) is 1. The molecule has 0 aliphatic carbocycles. The van der Waals surface area contributed by atoms with Crippen molar-refractivity contribution in [2.24, 2.45) is 0 Å². The van der Waals surface area contributed by atoms with Gasteiger partial charge in [0.2, 0.25) is 5.56 Å². The third-order valence-electron chi connectivity index (χ3n) is 4.63. The summed E-state index contributed by atoms with van der Waals surface area (Å²) >= 11 is 9.57. The first kappa shape index (κ1) is 21.4. The maximum Gasteiger partial charge on any atom is 0.270 e. The van der Waals surface area contributed by atoms with E-state index in [2.05, 4.69) is 26.1 Å². The van der Waals surface area contributed by atoms with Gasteiger partial charge in [0.1, 0.15) is 17.7 Å². The third-order valence-corrected chi connectivity index (χ3v) is 7.54. The predicted octanol–water partition coefficient (Wildman–Crippen LogP) is 4.78. The van der Waals surface area contributed by atoms with Gasteiger partial charge in [-0.3, -0.25) is 4.79 Å². The zero-order valence-corrected chi connectivity index (χ0v) is 19.4. The van der Waals surface area contributed by atoms with Crippen molar-refractivity contribution in [1.29, 1.82) is 0 Å². The van der Waals surface area contributed by atoms with Gasteiger partial charge < -0.3 is 14.2 Å². The molecule has 8 nitrogen and oxygen atoms in total. The SMILES string of the molecule is COc1cc(Br)c(Cl)cc1N(c1ccon1)S(=O)(=O)c1ccc2[nH]c(=O)cc(C)c2c1. The van der Waals surface area contributed by atoms with E-state index in [1.807, 2.05) is 0 Å². The second-order valence-corrected chi connectivity index (χ2v) is 9.64. The van der Waals surface area contributed by atoms with Gasteiger partial charge >= 0.3 is 0 Å². The van der Waals surface area contributed by atoms with Crippen molar-refractivity contribution in [3.05, 3.63) is 74.1 Å². The summed E-state index contributed by atoms with van der Waals surface area (Å²) in [6, 6.07) is 10.3. The van der Waals surface area contributed by atoms with E-state index in [4.69, 9.17) is 20.9 Å². The quantitative estimate of drug-likeness (QED) is 0.403. The number of rotatable bonds is 5. The van der Waals surface area contributed by atoms with Crippen LogP contribution in [-0.4, -0.2) is 25.7 Å². The minimum absolute atomic E-state index is 0.0146. The second kappa shape index (κ2) is 8.03. The molecule has 0 aliphatic heterocycles. The lowest BCUT2D eigenvalue weighted by molar-refractivity contribution is 0.414. The first-order valence-corrected chi connectivity index (χ1v) is 11.5. The highest BCUT2D eigenvalue weighted by Gasteiger charge is 2.32. The number of pyridine rings is 1. The van der Waals surface area contributed by atoms with E-state index < -0.39 is 10.0 Å². The van der Waals surface area contributed by atoms with Crippen LogP contribution in [0.2, 0.25) is 5.02 Å². The van der Waals surface area contributed by atoms with Crippen LogP contribution < -0.4 is 14.6 Å². The van der Waals surface area contributed by atoms with Gasteiger partial charge in [-0.25, -0.2) is 12.7 Å². The Hall–Kier alpha value is -2.82. The molecular weight excluding hydrogens is 510 g/mol. The Balaban J connectivity index is 1.98. The van der Waals surface area contributed by atoms with Gasteiger partial charge in [0.15, 0.2) is 5.82 Å². The number of anilines is 2. The fraction of sp³-hybridized carbons (Fsp3) is 0.100. The molecule has 31 heavy (non-hydrogen) atoms. The fourth-order valence-electron chi connectivity index (χ4n) is 3.19. The van der Waals surface area contributed by atoms with E-state index in [1.165, 1.54) is 43.7 Å². The summed E-state index contributed by atoms with van der Waals surface area (Å²) < 4.78 is 39.4. The molecule has 2 aromatic carbocycles. The van der Waals surface area contributed by atoms with Crippen LogP contribution in [0.4, 0.5) is 11.5 Å². The molecular formula is C20H15BrClN3O5S. The Morgan fingerprint density at radius 2 is 1.97 bits per heavy atom. The summed E-state index contributed by atoms with van der Waals surface area (Å²) in [6.45, 7) is 1.74. The molecule has 0 saturated carbocycles. The van der Waals surface area contributed by atoms with Crippen LogP contribution in [-0.2, 0) is 10.0 Å². The average Bonchev–Trinajstić information content (AvgIpc) is 3.24. The van der Waals surface area contributed by atoms with Crippen molar-refractivity contribution in [1.82, 2.24) is 10.1 Å². The Morgan fingerprint density at radius 1 is 1.19 bits per heavy atom. The number of methoxy groups -OCH3 is 1. The van der Waals surface area contributed by atoms with E-state index in [1.54, 1.807) is 19.1 Å². The molecule has 0 fully saturated rings. The molecule has 0 bridgehead atoms. The highest BCUT2D eigenvalue weighted by molar-refractivity contribution is 9.10. The van der Waals surface area contributed by atoms with Crippen molar-refractivity contribution >= 4 is 60.0 Å². The van der Waals surface area contributed by atoms with Crippen LogP contribution in [0.5, 0.6) is 5.75 Å². The van der Waals surface area contributed by atoms with Gasteiger partial charge in [-0.1, -0.05) is 16.8 Å². The van der Waals surface area contributed by atoms with Gasteiger partial charge in [0.05, 0.1) is 17.0 Å². The van der Waals surface area contributed by atoms with E-state index in [-0.39, 0.29) is 32.7 Å². The number of nitrogens with zero attached hydrogens (tertiary/aromatic N) is 2. The molecule has 2 heterocycles. The van der Waals surface area contributed by atoms with Crippen LogP contribution in [0, 0.1) is 6.92 Å². The van der Waals surface area contributed by atoms with E-state index in [9.17, 15) is 13.2 Å². The number of fused-ring (bicyclic) bond motifs is 1. The number of benzene rings is 2. The Kier molecular flexibility index (Phi) is 5.54. The van der Waals surface area contributed by atoms with Gasteiger partial charge in [0, 0.05) is 27.5 Å². The lowest BCUT2D eigenvalue weighted by Gasteiger charge is -2.24. The largest absolute Gasteiger partial charge is 0.494 e. The maximum atomic E-state index is 13.8. The van der Waals surface area contributed by atoms with E-state index in [0.29, 0.717) is 20.9 Å². The average molecular weight is 525 g/mol. The Morgan fingerprint density at radius 3 is 2.65 bits per heavy atom. The number of aromatic nitrogens is 2. The van der Waals surface area contributed by atoms with Crippen molar-refractivity contribution < 1.29 is 17.7 Å². The number of aromatic amines is 1. The Labute approximate surface area is 190 Å². The minimum Gasteiger partial charge on any atom is -0.494 e. The molecule has 0 saturated heterocycles. The fourth-order valence-corrected chi connectivity index (χ4v) is 5.13. The number of halogens is 2. The molecule has 0 atom stereocenters.